The van der Waals surface area contributed by atoms with E-state index < -0.39 is 0 Å². The van der Waals surface area contributed by atoms with Crippen molar-refractivity contribution >= 4 is 0 Å². The zero-order chi connectivity index (χ0) is 20.9. The molecule has 10 aliphatic rings. The van der Waals surface area contributed by atoms with E-state index in [1.54, 1.807) is 49.7 Å². The minimum atomic E-state index is 0.628. The van der Waals surface area contributed by atoms with E-state index in [1.807, 2.05) is 11.1 Å². The summed E-state index contributed by atoms with van der Waals surface area (Å²) in [4.78, 5) is 0. The fraction of sp³-hybridized carbons (Fsp3) is 0.750. The van der Waals surface area contributed by atoms with Gasteiger partial charge in [-0.2, -0.15) is 0 Å². The van der Waals surface area contributed by atoms with Crippen molar-refractivity contribution in [1.82, 2.24) is 0 Å². The second-order valence-corrected chi connectivity index (χ2v) is 14.2. The summed E-state index contributed by atoms with van der Waals surface area (Å²) in [5.74, 6) is 6.43. The van der Waals surface area contributed by atoms with Crippen LogP contribution in [0.25, 0.3) is 0 Å². The minimum Gasteiger partial charge on any atom is -0.0636 e. The van der Waals surface area contributed by atoms with Gasteiger partial charge in [-0.05, 0) is 160 Å². The highest BCUT2D eigenvalue weighted by molar-refractivity contribution is 5.45. The molecule has 170 valence electrons. The first kappa shape index (κ1) is 19.3. The van der Waals surface area contributed by atoms with Gasteiger partial charge < -0.3 is 0 Å². The molecule has 0 amide bonds. The van der Waals surface area contributed by atoms with Crippen LogP contribution in [0, 0.1) is 46.3 Å². The zero-order valence-electron chi connectivity index (χ0n) is 20.1. The van der Waals surface area contributed by atoms with Crippen LogP contribution in [0.1, 0.15) is 103 Å². The summed E-state index contributed by atoms with van der Waals surface area (Å²) in [6.07, 6.45) is 34.4. The monoisotopic (exact) mass is 426 g/mol. The molecule has 8 bridgehead atoms. The van der Waals surface area contributed by atoms with Crippen molar-refractivity contribution in [2.75, 3.05) is 0 Å². The molecule has 0 saturated heterocycles. The topological polar surface area (TPSA) is 0 Å². The Morgan fingerprint density at radius 1 is 0.406 bits per heavy atom. The van der Waals surface area contributed by atoms with Crippen molar-refractivity contribution < 1.29 is 0 Å². The molecule has 10 aliphatic carbocycles. The van der Waals surface area contributed by atoms with Gasteiger partial charge in [-0.25, -0.2) is 0 Å². The average molecular weight is 427 g/mol. The molecule has 0 N–H and O–H groups in total. The fourth-order valence-corrected chi connectivity index (χ4v) is 11.7. The van der Waals surface area contributed by atoms with E-state index in [4.69, 9.17) is 0 Å². The van der Waals surface area contributed by atoms with Crippen molar-refractivity contribution in [1.29, 1.82) is 0 Å². The highest BCUT2D eigenvalue weighted by atomic mass is 14.6. The third-order valence-corrected chi connectivity index (χ3v) is 12.2. The molecule has 0 nitrogen and oxygen atoms in total. The van der Waals surface area contributed by atoms with Gasteiger partial charge in [0.05, 0.1) is 0 Å². The van der Waals surface area contributed by atoms with Gasteiger partial charge in [0, 0.05) is 0 Å². The van der Waals surface area contributed by atoms with E-state index in [0.717, 1.165) is 35.5 Å². The molecule has 0 spiro atoms. The van der Waals surface area contributed by atoms with Crippen LogP contribution in [0.15, 0.2) is 46.6 Å². The molecule has 0 unspecified atom stereocenters. The first-order valence-corrected chi connectivity index (χ1v) is 14.5. The van der Waals surface area contributed by atoms with E-state index in [1.165, 1.54) is 64.2 Å². The summed E-state index contributed by atoms with van der Waals surface area (Å²) in [5.41, 5.74) is 8.34. The summed E-state index contributed by atoms with van der Waals surface area (Å²) in [7, 11) is 0. The van der Waals surface area contributed by atoms with Gasteiger partial charge in [-0.15, -0.1) is 0 Å². The predicted octanol–water partition coefficient (Wildman–Crippen LogP) is 8.71. The van der Waals surface area contributed by atoms with Crippen LogP contribution in [0.3, 0.4) is 0 Å². The van der Waals surface area contributed by atoms with Crippen molar-refractivity contribution in [2.24, 2.45) is 46.3 Å². The van der Waals surface area contributed by atoms with Gasteiger partial charge in [0.15, 0.2) is 0 Å². The van der Waals surface area contributed by atoms with Crippen molar-refractivity contribution in [3.05, 3.63) is 46.6 Å². The predicted molar refractivity (Wildman–Crippen MR) is 132 cm³/mol. The van der Waals surface area contributed by atoms with Gasteiger partial charge in [0.1, 0.15) is 0 Å². The largest absolute Gasteiger partial charge is 0.0636 e. The van der Waals surface area contributed by atoms with E-state index in [2.05, 4.69) is 24.3 Å². The van der Waals surface area contributed by atoms with Gasteiger partial charge >= 0.3 is 0 Å². The summed E-state index contributed by atoms with van der Waals surface area (Å²) >= 11 is 0. The molecule has 8 saturated carbocycles. The van der Waals surface area contributed by atoms with E-state index in [-0.39, 0.29) is 0 Å². The molecule has 0 atom stereocenters. The second kappa shape index (κ2) is 6.76. The molecule has 0 aromatic carbocycles. The normalized spacial score (nSPS) is 50.8. The Kier molecular flexibility index (Phi) is 4.08. The lowest BCUT2D eigenvalue weighted by Gasteiger charge is -2.58. The van der Waals surface area contributed by atoms with E-state index in [9.17, 15) is 0 Å². The zero-order valence-corrected chi connectivity index (χ0v) is 20.1. The lowest BCUT2D eigenvalue weighted by Crippen LogP contribution is -2.47. The van der Waals surface area contributed by atoms with Gasteiger partial charge in [-0.3, -0.25) is 0 Å². The molecule has 10 rings (SSSR count). The third-order valence-electron chi connectivity index (χ3n) is 12.2. The van der Waals surface area contributed by atoms with E-state index in [0.29, 0.717) is 10.8 Å². The molecule has 32 heavy (non-hydrogen) atoms. The summed E-state index contributed by atoms with van der Waals surface area (Å²) in [6.45, 7) is 0. The Balaban J connectivity index is 1.03. The average Bonchev–Trinajstić information content (AvgIpc) is 2.78. The van der Waals surface area contributed by atoms with Crippen LogP contribution in [-0.4, -0.2) is 0 Å². The lowest BCUT2D eigenvalue weighted by atomic mass is 9.47. The molecule has 0 heterocycles. The molecular weight excluding hydrogens is 384 g/mol. The Morgan fingerprint density at radius 2 is 0.719 bits per heavy atom. The third kappa shape index (κ3) is 2.86. The minimum absolute atomic E-state index is 0.628. The van der Waals surface area contributed by atoms with Crippen molar-refractivity contribution in [3.8, 4) is 0 Å². The standard InChI is InChI=1S/C32H42/c1-5-29(31-15-21-9-22(16-31)11-23(10-21)17-31)6-2-27(1)28-3-7-30(8-4-28)32-18-24-12-25(19-32)14-26(13-24)20-32/h1,3,5,7,21-26H,2,4,6,8-20H2. The van der Waals surface area contributed by atoms with Gasteiger partial charge in [-0.1, -0.05) is 35.5 Å². The maximum absolute atomic E-state index is 2.63. The Bertz CT molecular complexity index is 800. The number of hydrogen-bond donors (Lipinski definition) is 0. The molecule has 0 heteroatoms. The maximum atomic E-state index is 2.63. The maximum Gasteiger partial charge on any atom is -0.00769 e. The number of allylic oxidation sites excluding steroid dienone is 8. The van der Waals surface area contributed by atoms with Gasteiger partial charge in [0.2, 0.25) is 0 Å². The molecular formula is C32H42. The quantitative estimate of drug-likeness (QED) is 0.423. The molecule has 0 aromatic heterocycles. The Morgan fingerprint density at radius 3 is 0.969 bits per heavy atom. The van der Waals surface area contributed by atoms with Crippen LogP contribution in [-0.2, 0) is 0 Å². The first-order chi connectivity index (χ1) is 15.6. The molecule has 0 aromatic rings. The van der Waals surface area contributed by atoms with E-state index >= 15 is 0 Å². The number of rotatable bonds is 3. The van der Waals surface area contributed by atoms with Crippen LogP contribution in [0.2, 0.25) is 0 Å². The smallest absolute Gasteiger partial charge is 0.00769 e. The SMILES string of the molecule is C1=C(C2=CC=C(C34CC5CC(CC(C5)C3)C4)CC2)CCC(C23CC4CC(CC(C4)C2)C3)=C1. The van der Waals surface area contributed by atoms with Crippen LogP contribution >= 0.6 is 0 Å². The van der Waals surface area contributed by atoms with Gasteiger partial charge in [0.25, 0.3) is 0 Å². The molecule has 0 radical (unpaired) electrons. The van der Waals surface area contributed by atoms with Crippen LogP contribution in [0.4, 0.5) is 0 Å². The lowest BCUT2D eigenvalue weighted by molar-refractivity contribution is -0.0324. The fourth-order valence-electron chi connectivity index (χ4n) is 11.7. The summed E-state index contributed by atoms with van der Waals surface area (Å²) in [6, 6.07) is 0. The highest BCUT2D eigenvalue weighted by Crippen LogP contribution is 2.65. The second-order valence-electron chi connectivity index (χ2n) is 14.2. The molecule has 0 aliphatic heterocycles. The van der Waals surface area contributed by atoms with Crippen LogP contribution in [0.5, 0.6) is 0 Å². The van der Waals surface area contributed by atoms with Crippen LogP contribution < -0.4 is 0 Å². The summed E-state index contributed by atoms with van der Waals surface area (Å²) < 4.78 is 0. The highest BCUT2D eigenvalue weighted by Gasteiger charge is 2.53. The van der Waals surface area contributed by atoms with Crippen molar-refractivity contribution in [2.45, 2.75) is 103 Å². The Labute approximate surface area is 195 Å². The van der Waals surface area contributed by atoms with Crippen molar-refractivity contribution in [3.63, 3.8) is 0 Å². The molecule has 8 fully saturated rings. The Hall–Kier alpha value is -1.04. The number of hydrogen-bond acceptors (Lipinski definition) is 0. The summed E-state index contributed by atoms with van der Waals surface area (Å²) in [5, 5.41) is 0. The first-order valence-electron chi connectivity index (χ1n) is 14.5.